The van der Waals surface area contributed by atoms with Gasteiger partial charge >= 0.3 is 5.97 Å². The molecule has 0 aliphatic rings. The molecule has 1 atom stereocenters. The minimum absolute atomic E-state index is 0.261. The lowest BCUT2D eigenvalue weighted by Gasteiger charge is -2.10. The largest absolute Gasteiger partial charge is 0.481 e. The van der Waals surface area contributed by atoms with E-state index in [2.05, 4.69) is 6.92 Å². The Morgan fingerprint density at radius 2 is 1.94 bits per heavy atom. The van der Waals surface area contributed by atoms with E-state index in [9.17, 15) is 4.79 Å². The minimum Gasteiger partial charge on any atom is -0.481 e. The molecule has 0 aromatic carbocycles. The molecule has 1 unspecified atom stereocenters. The van der Waals surface area contributed by atoms with Gasteiger partial charge in [-0.05, 0) is 26.2 Å². The second kappa shape index (κ2) is 10.9. The van der Waals surface area contributed by atoms with E-state index in [4.69, 9.17) is 14.6 Å². The van der Waals surface area contributed by atoms with Crippen molar-refractivity contribution in [2.75, 3.05) is 19.8 Å². The Balaban J connectivity index is 3.01. The second-order valence-electron chi connectivity index (χ2n) is 3.91. The highest BCUT2D eigenvalue weighted by atomic mass is 16.5. The Kier molecular flexibility index (Phi) is 10.5. The molecule has 0 radical (unpaired) electrons. The van der Waals surface area contributed by atoms with Crippen molar-refractivity contribution in [1.29, 1.82) is 0 Å². The van der Waals surface area contributed by atoms with E-state index in [-0.39, 0.29) is 6.42 Å². The number of carboxylic acids is 1. The monoisotopic (exact) mass is 232 g/mol. The van der Waals surface area contributed by atoms with Crippen LogP contribution in [0.5, 0.6) is 0 Å². The average Bonchev–Trinajstić information content (AvgIpc) is 2.26. The van der Waals surface area contributed by atoms with Crippen LogP contribution in [0.1, 0.15) is 46.0 Å². The Morgan fingerprint density at radius 3 is 2.56 bits per heavy atom. The Hall–Kier alpha value is -0.610. The van der Waals surface area contributed by atoms with Gasteiger partial charge in [0.1, 0.15) is 0 Å². The normalized spacial score (nSPS) is 12.6. The highest BCUT2D eigenvalue weighted by molar-refractivity contribution is 5.66. The molecule has 0 aliphatic carbocycles. The number of hydrogen-bond donors (Lipinski definition) is 1. The molecule has 0 amide bonds. The summed E-state index contributed by atoms with van der Waals surface area (Å²) in [7, 11) is 0. The zero-order valence-electron chi connectivity index (χ0n) is 10.4. The zero-order chi connectivity index (χ0) is 12.2. The van der Waals surface area contributed by atoms with Gasteiger partial charge in [0.15, 0.2) is 0 Å². The molecule has 0 saturated carbocycles. The van der Waals surface area contributed by atoms with Gasteiger partial charge in [-0.2, -0.15) is 0 Å². The molecule has 1 N–H and O–H groups in total. The van der Waals surface area contributed by atoms with Crippen molar-refractivity contribution in [1.82, 2.24) is 0 Å². The molecule has 0 saturated heterocycles. The fourth-order valence-corrected chi connectivity index (χ4v) is 1.19. The quantitative estimate of drug-likeness (QED) is 0.556. The maximum absolute atomic E-state index is 10.2. The third-order valence-corrected chi connectivity index (χ3v) is 2.38. The van der Waals surface area contributed by atoms with Gasteiger partial charge in [-0.25, -0.2) is 0 Å². The summed E-state index contributed by atoms with van der Waals surface area (Å²) in [6.07, 6.45) is 4.17. The Bertz CT molecular complexity index is 170. The summed E-state index contributed by atoms with van der Waals surface area (Å²) >= 11 is 0. The van der Waals surface area contributed by atoms with Gasteiger partial charge in [0.2, 0.25) is 0 Å². The Morgan fingerprint density at radius 1 is 1.19 bits per heavy atom. The van der Waals surface area contributed by atoms with Crippen LogP contribution in [0.3, 0.4) is 0 Å². The summed E-state index contributed by atoms with van der Waals surface area (Å²) in [5, 5.41) is 8.41. The van der Waals surface area contributed by atoms with Crippen molar-refractivity contribution in [2.45, 2.75) is 52.1 Å². The molecule has 96 valence electrons. The summed E-state index contributed by atoms with van der Waals surface area (Å²) < 4.78 is 10.8. The van der Waals surface area contributed by atoms with E-state index in [1.54, 1.807) is 0 Å². The van der Waals surface area contributed by atoms with Crippen LogP contribution < -0.4 is 0 Å². The first-order chi connectivity index (χ1) is 7.66. The van der Waals surface area contributed by atoms with Gasteiger partial charge in [-0.15, -0.1) is 0 Å². The summed E-state index contributed by atoms with van der Waals surface area (Å²) in [4.78, 5) is 10.2. The van der Waals surface area contributed by atoms with E-state index in [1.807, 2.05) is 6.92 Å². The number of carboxylic acid groups (broad SMARTS) is 1. The molecule has 0 spiro atoms. The predicted molar refractivity (Wildman–Crippen MR) is 62.6 cm³/mol. The van der Waals surface area contributed by atoms with Crippen molar-refractivity contribution in [2.24, 2.45) is 0 Å². The topological polar surface area (TPSA) is 55.8 Å². The summed E-state index contributed by atoms with van der Waals surface area (Å²) in [5.74, 6) is -0.720. The fourth-order valence-electron chi connectivity index (χ4n) is 1.19. The number of aliphatic carboxylic acids is 1. The van der Waals surface area contributed by atoms with E-state index >= 15 is 0 Å². The van der Waals surface area contributed by atoms with Gasteiger partial charge < -0.3 is 14.6 Å². The summed E-state index contributed by atoms with van der Waals surface area (Å²) in [5.41, 5.74) is 0. The summed E-state index contributed by atoms with van der Waals surface area (Å²) in [6.45, 7) is 6.11. The number of rotatable bonds is 11. The van der Waals surface area contributed by atoms with Crippen LogP contribution in [-0.2, 0) is 14.3 Å². The molecule has 0 aliphatic heterocycles. The van der Waals surface area contributed by atoms with Gasteiger partial charge in [0.25, 0.3) is 0 Å². The second-order valence-corrected chi connectivity index (χ2v) is 3.91. The van der Waals surface area contributed by atoms with Crippen LogP contribution in [0.15, 0.2) is 0 Å². The van der Waals surface area contributed by atoms with E-state index in [1.165, 1.54) is 0 Å². The average molecular weight is 232 g/mol. The molecular formula is C12H24O4. The smallest absolute Gasteiger partial charge is 0.303 e. The van der Waals surface area contributed by atoms with Crippen LogP contribution in [0.2, 0.25) is 0 Å². The van der Waals surface area contributed by atoms with Gasteiger partial charge in [-0.1, -0.05) is 13.3 Å². The predicted octanol–water partition coefficient (Wildman–Crippen LogP) is 2.46. The van der Waals surface area contributed by atoms with Crippen molar-refractivity contribution < 1.29 is 19.4 Å². The molecule has 0 heterocycles. The van der Waals surface area contributed by atoms with Crippen LogP contribution in [-0.4, -0.2) is 37.0 Å². The SMILES string of the molecule is CCC(C)OCCOCCCCCC(=O)O. The first-order valence-corrected chi connectivity index (χ1v) is 6.08. The number of hydrogen-bond acceptors (Lipinski definition) is 3. The van der Waals surface area contributed by atoms with Gasteiger partial charge in [0.05, 0.1) is 19.3 Å². The summed E-state index contributed by atoms with van der Waals surface area (Å²) in [6, 6.07) is 0. The van der Waals surface area contributed by atoms with Crippen LogP contribution in [0.25, 0.3) is 0 Å². The third kappa shape index (κ3) is 11.5. The number of carbonyl (C=O) groups is 1. The molecule has 4 nitrogen and oxygen atoms in total. The fraction of sp³-hybridized carbons (Fsp3) is 0.917. The highest BCUT2D eigenvalue weighted by Gasteiger charge is 1.98. The maximum Gasteiger partial charge on any atom is 0.303 e. The molecule has 0 aromatic rings. The molecular weight excluding hydrogens is 208 g/mol. The standard InChI is InChI=1S/C12H24O4/c1-3-11(2)16-10-9-15-8-6-4-5-7-12(13)14/h11H,3-10H2,1-2H3,(H,13,14). The lowest BCUT2D eigenvalue weighted by atomic mass is 10.2. The number of unbranched alkanes of at least 4 members (excludes halogenated alkanes) is 2. The van der Waals surface area contributed by atoms with E-state index in [0.717, 1.165) is 25.7 Å². The van der Waals surface area contributed by atoms with E-state index < -0.39 is 5.97 Å². The minimum atomic E-state index is -0.720. The van der Waals surface area contributed by atoms with E-state index in [0.29, 0.717) is 25.9 Å². The molecule has 16 heavy (non-hydrogen) atoms. The van der Waals surface area contributed by atoms with Crippen molar-refractivity contribution in [3.63, 3.8) is 0 Å². The number of ether oxygens (including phenoxy) is 2. The molecule has 4 heteroatoms. The zero-order valence-corrected chi connectivity index (χ0v) is 10.4. The first kappa shape index (κ1) is 15.4. The van der Waals surface area contributed by atoms with Crippen molar-refractivity contribution in [3.8, 4) is 0 Å². The lowest BCUT2D eigenvalue weighted by Crippen LogP contribution is -2.12. The lowest BCUT2D eigenvalue weighted by molar-refractivity contribution is -0.137. The van der Waals surface area contributed by atoms with Crippen LogP contribution in [0.4, 0.5) is 0 Å². The maximum atomic E-state index is 10.2. The molecule has 0 fully saturated rings. The van der Waals surface area contributed by atoms with Crippen LogP contribution >= 0.6 is 0 Å². The molecule has 0 aromatic heterocycles. The van der Waals surface area contributed by atoms with Crippen LogP contribution in [0, 0.1) is 0 Å². The highest BCUT2D eigenvalue weighted by Crippen LogP contribution is 2.00. The molecule has 0 rings (SSSR count). The van der Waals surface area contributed by atoms with Crippen molar-refractivity contribution in [3.05, 3.63) is 0 Å². The Labute approximate surface area is 97.9 Å². The first-order valence-electron chi connectivity index (χ1n) is 6.08. The van der Waals surface area contributed by atoms with Crippen molar-refractivity contribution >= 4 is 5.97 Å². The van der Waals surface area contributed by atoms with Gasteiger partial charge in [-0.3, -0.25) is 4.79 Å². The molecule has 0 bridgehead atoms. The third-order valence-electron chi connectivity index (χ3n) is 2.38. The van der Waals surface area contributed by atoms with Gasteiger partial charge in [0, 0.05) is 13.0 Å².